The molecule has 3 spiro atoms. The van der Waals surface area contributed by atoms with Gasteiger partial charge in [0.2, 0.25) is 5.79 Å². The van der Waals surface area contributed by atoms with Crippen LogP contribution in [0.5, 0.6) is 0 Å². The van der Waals surface area contributed by atoms with E-state index in [4.69, 9.17) is 71.1 Å². The highest BCUT2D eigenvalue weighted by Crippen LogP contribution is 2.59. The van der Waals surface area contributed by atoms with Gasteiger partial charge in [-0.2, -0.15) is 0 Å². The molecule has 31 atom stereocenters. The van der Waals surface area contributed by atoms with E-state index in [9.17, 15) is 24.9 Å². The number of aliphatic hydroxyl groups excluding tert-OH is 1. The smallest absolute Gasteiger partial charge is 0.308 e. The number of carboxylic acids is 1. The summed E-state index contributed by atoms with van der Waals surface area (Å²) in [6.07, 6.45) is -1.35. The van der Waals surface area contributed by atoms with Crippen LogP contribution in [0.4, 0.5) is 0 Å². The summed E-state index contributed by atoms with van der Waals surface area (Å²) in [5, 5.41) is 32.3. The third-order valence-corrected chi connectivity index (χ3v) is 21.7. The molecule has 0 aromatic rings. The van der Waals surface area contributed by atoms with Crippen LogP contribution < -0.4 is 0 Å². The highest BCUT2D eigenvalue weighted by Gasteiger charge is 2.75. The average Bonchev–Trinajstić information content (AvgIpc) is 3.34. The third-order valence-electron chi connectivity index (χ3n) is 21.7. The fraction of sp³-hybridized carbons (Fsp3) is 0.898. The molecule has 0 aliphatic carbocycles. The van der Waals surface area contributed by atoms with E-state index in [1.54, 1.807) is 0 Å². The lowest BCUT2D eigenvalue weighted by Crippen LogP contribution is -2.62. The maximum absolute atomic E-state index is 14.6. The van der Waals surface area contributed by atoms with Crippen molar-refractivity contribution in [3.05, 3.63) is 24.3 Å². The fourth-order valence-electron chi connectivity index (χ4n) is 18.0. The Morgan fingerprint density at radius 2 is 1.25 bits per heavy atom. The van der Waals surface area contributed by atoms with Crippen LogP contribution in [0.15, 0.2) is 24.3 Å². The number of aliphatic carboxylic acids is 1. The molecule has 16 aliphatic heterocycles. The van der Waals surface area contributed by atoms with Gasteiger partial charge in [-0.1, -0.05) is 40.9 Å². The summed E-state index contributed by atoms with van der Waals surface area (Å²) in [6, 6.07) is 0. The van der Waals surface area contributed by atoms with Gasteiger partial charge in [0, 0.05) is 57.3 Å². The second-order valence-electron chi connectivity index (χ2n) is 27.3. The van der Waals surface area contributed by atoms with Crippen LogP contribution >= 0.6 is 0 Å². The molecule has 438 valence electrons. The van der Waals surface area contributed by atoms with Gasteiger partial charge in [-0.15, -0.1) is 0 Å². The van der Waals surface area contributed by atoms with E-state index >= 15 is 0 Å². The van der Waals surface area contributed by atoms with E-state index in [0.717, 1.165) is 36.8 Å². The molecule has 0 aromatic carbocycles. The Kier molecular flexibility index (Phi) is 13.1. The van der Waals surface area contributed by atoms with Crippen molar-refractivity contribution in [2.75, 3.05) is 0 Å². The lowest BCUT2D eigenvalue weighted by atomic mass is 9.78. The van der Waals surface area contributed by atoms with Crippen molar-refractivity contribution in [1.82, 2.24) is 0 Å². The molecule has 12 bridgehead atoms. The van der Waals surface area contributed by atoms with Crippen LogP contribution in [0.1, 0.15) is 143 Å². The molecular formula is C59H82O20. The number of hydrogen-bond acceptors (Lipinski definition) is 19. The number of rotatable bonds is 2. The summed E-state index contributed by atoms with van der Waals surface area (Å²) in [5.74, 6) is -5.97. The van der Waals surface area contributed by atoms with E-state index < -0.39 is 108 Å². The minimum Gasteiger partial charge on any atom is -0.481 e. The highest BCUT2D eigenvalue weighted by atomic mass is 16.8. The third kappa shape index (κ3) is 9.11. The van der Waals surface area contributed by atoms with Crippen LogP contribution in [0.3, 0.4) is 0 Å². The Bertz CT molecular complexity index is 2430. The summed E-state index contributed by atoms with van der Waals surface area (Å²) < 4.78 is 102. The number of carbonyl (C=O) groups excluding carboxylic acids is 1. The van der Waals surface area contributed by atoms with E-state index in [1.165, 1.54) is 0 Å². The summed E-state index contributed by atoms with van der Waals surface area (Å²) in [5.41, 5.74) is 2.07. The normalized spacial score (nSPS) is 58.4. The standard InChI is InChI=1S/C59H82O20/c1-25-13-31-7-9-35-26(2)14-33(65-35)11-12-56-24-59(64)55(79-56)54-53(78-59)52(77-56)51-36(69-54)10-8-32(67-51)15-46(63)72-50-30(6)49-41(68-40(50)17-37(66-31)29(25)5)18-39-43(71-49)22-58(73-39)23-44-48(76-58)28(4)21-57(75-44)20-27(3)47-42(74-57)16-34(60)38(70-47)19-45(61)62/h25,27-28,30-44,47-55,60,64H,2,5,7-24H2,1,3-4,6H3,(H,61,62)/t25-,27+,28+,30+,31+,32-,33+,34-,35+,36+,37-,38-,39-,40+,41+,42+,43-,44+,47+,48+,49+,50-,51+,52+,53+,54-,55?,56-,57-,58+,59+/m1/s1. The topological polar surface area (TPSA) is 233 Å². The Hall–Kier alpha value is -2.22. The molecule has 1 unspecified atom stereocenters. The van der Waals surface area contributed by atoms with Crippen molar-refractivity contribution in [2.45, 2.75) is 307 Å². The molecule has 0 amide bonds. The molecule has 20 nitrogen and oxygen atoms in total. The second-order valence-corrected chi connectivity index (χ2v) is 27.3. The van der Waals surface area contributed by atoms with Crippen LogP contribution in [0, 0.1) is 23.7 Å². The first-order valence-corrected chi connectivity index (χ1v) is 30.3. The van der Waals surface area contributed by atoms with Crippen LogP contribution in [0.25, 0.3) is 0 Å². The van der Waals surface area contributed by atoms with Crippen LogP contribution in [-0.2, 0) is 80.6 Å². The first-order chi connectivity index (χ1) is 37.8. The summed E-state index contributed by atoms with van der Waals surface area (Å²) in [7, 11) is 0. The molecule has 0 radical (unpaired) electrons. The Labute approximate surface area is 461 Å². The highest BCUT2D eigenvalue weighted by molar-refractivity contribution is 5.70. The maximum atomic E-state index is 14.6. The molecule has 3 N–H and O–H groups in total. The number of carbonyl (C=O) groups is 2. The number of hydrogen-bond donors (Lipinski definition) is 3. The molecule has 0 aromatic heterocycles. The van der Waals surface area contributed by atoms with Crippen molar-refractivity contribution in [1.29, 1.82) is 0 Å². The minimum atomic E-state index is -1.55. The van der Waals surface area contributed by atoms with E-state index in [2.05, 4.69) is 40.9 Å². The number of carboxylic acid groups (broad SMARTS) is 1. The average molecular weight is 1110 g/mol. The van der Waals surface area contributed by atoms with Gasteiger partial charge >= 0.3 is 11.9 Å². The first kappa shape index (κ1) is 53.5. The summed E-state index contributed by atoms with van der Waals surface area (Å²) in [4.78, 5) is 26.1. The Morgan fingerprint density at radius 3 is 2.09 bits per heavy atom. The zero-order valence-corrected chi connectivity index (χ0v) is 46.0. The van der Waals surface area contributed by atoms with Crippen molar-refractivity contribution in [3.8, 4) is 0 Å². The first-order valence-electron chi connectivity index (χ1n) is 30.3. The lowest BCUT2D eigenvalue weighted by molar-refractivity contribution is -0.371. The molecule has 16 aliphatic rings. The van der Waals surface area contributed by atoms with Crippen molar-refractivity contribution < 1.29 is 96.0 Å². The molecule has 79 heavy (non-hydrogen) atoms. The lowest BCUT2D eigenvalue weighted by Gasteiger charge is -2.54. The Balaban J connectivity index is 0.663. The monoisotopic (exact) mass is 1110 g/mol. The largest absolute Gasteiger partial charge is 0.481 e. The van der Waals surface area contributed by atoms with Gasteiger partial charge in [-0.3, -0.25) is 9.59 Å². The van der Waals surface area contributed by atoms with Crippen molar-refractivity contribution >= 4 is 11.9 Å². The van der Waals surface area contributed by atoms with Crippen LogP contribution in [-0.4, -0.2) is 191 Å². The van der Waals surface area contributed by atoms with Gasteiger partial charge < -0.3 is 86.4 Å². The molecule has 16 fully saturated rings. The molecule has 16 rings (SSSR count). The zero-order valence-electron chi connectivity index (χ0n) is 46.0. The van der Waals surface area contributed by atoms with Crippen molar-refractivity contribution in [3.63, 3.8) is 0 Å². The summed E-state index contributed by atoms with van der Waals surface area (Å²) >= 11 is 0. The second kappa shape index (κ2) is 19.4. The van der Waals surface area contributed by atoms with E-state index in [1.807, 2.05) is 0 Å². The van der Waals surface area contributed by atoms with E-state index in [0.29, 0.717) is 64.2 Å². The predicted molar refractivity (Wildman–Crippen MR) is 269 cm³/mol. The summed E-state index contributed by atoms with van der Waals surface area (Å²) in [6.45, 7) is 17.6. The van der Waals surface area contributed by atoms with E-state index in [-0.39, 0.29) is 116 Å². The van der Waals surface area contributed by atoms with Gasteiger partial charge in [0.25, 0.3) is 0 Å². The molecule has 16 heterocycles. The fourth-order valence-corrected chi connectivity index (χ4v) is 18.0. The number of aliphatic hydroxyl groups is 2. The number of fused-ring (bicyclic) bond motifs is 10. The van der Waals surface area contributed by atoms with Crippen molar-refractivity contribution in [2.24, 2.45) is 23.7 Å². The zero-order chi connectivity index (χ0) is 54.2. The van der Waals surface area contributed by atoms with Gasteiger partial charge in [0.1, 0.15) is 36.6 Å². The minimum absolute atomic E-state index is 0.00147. The molecule has 0 saturated carbocycles. The molecule has 16 saturated heterocycles. The van der Waals surface area contributed by atoms with Gasteiger partial charge in [-0.25, -0.2) is 0 Å². The van der Waals surface area contributed by atoms with Gasteiger partial charge in [0.05, 0.1) is 123 Å². The number of ether oxygens (including phenoxy) is 15. The molecular weight excluding hydrogens is 1030 g/mol. The predicted octanol–water partition coefficient (Wildman–Crippen LogP) is 4.98. The maximum Gasteiger partial charge on any atom is 0.308 e. The number of esters is 1. The van der Waals surface area contributed by atoms with Gasteiger partial charge in [-0.05, 0) is 73.8 Å². The molecule has 20 heteroatoms. The quantitative estimate of drug-likeness (QED) is 0.245. The van der Waals surface area contributed by atoms with Gasteiger partial charge in [0.15, 0.2) is 17.4 Å². The SMILES string of the molecule is C=C1C[C@@H]2CC[C@@]34C[C@]5(O)O[C@H]6[C@@H](O3)[C@H]3O[C@H](CC[C@@H]3O[C@H]6C5O4)CC(=O)O[C@@H]3[C@@H](C)[C@@H]4O[C@@H]5C[C@]6(C[C@@H]7O[C@]8(C[C@H](C)[C@@H]9O[C@H](CC(=O)O)[C@H](O)C[C@@H]9O8)C[C@H](C)[C@@H]7O6)O[C@@H]5C[C@@H]4O[C@H]3C[C@H]3O[C@@H](CC[C@@H]1O2)C[C@@H](C)C3=C. The van der Waals surface area contributed by atoms with Crippen LogP contribution in [0.2, 0.25) is 0 Å². The Morgan fingerprint density at radius 1 is 0.557 bits per heavy atom.